The van der Waals surface area contributed by atoms with Gasteiger partial charge in [0.05, 0.1) is 6.10 Å². The third-order valence-electron chi connectivity index (χ3n) is 2.57. The van der Waals surface area contributed by atoms with E-state index in [1.807, 2.05) is 20.8 Å². The van der Waals surface area contributed by atoms with E-state index >= 15 is 0 Å². The van der Waals surface area contributed by atoms with Crippen LogP contribution < -0.4 is 4.72 Å². The van der Waals surface area contributed by atoms with Crippen LogP contribution in [0, 0.1) is 5.92 Å². The first-order valence-corrected chi connectivity index (χ1v) is 6.97. The van der Waals surface area contributed by atoms with Crippen LogP contribution >= 0.6 is 0 Å². The summed E-state index contributed by atoms with van der Waals surface area (Å²) < 4.78 is 27.6. The molecule has 0 aromatic carbocycles. The first-order chi connectivity index (χ1) is 7.10. The zero-order chi connectivity index (χ0) is 12.6. The predicted octanol–water partition coefficient (Wildman–Crippen LogP) is 0.322. The van der Waals surface area contributed by atoms with Crippen LogP contribution in [0.15, 0.2) is 0 Å². The van der Waals surface area contributed by atoms with Crippen LogP contribution in [0.1, 0.15) is 33.6 Å². The molecule has 0 heterocycles. The van der Waals surface area contributed by atoms with Crippen molar-refractivity contribution in [1.29, 1.82) is 0 Å². The molecule has 16 heavy (non-hydrogen) atoms. The maximum atomic E-state index is 11.9. The Kier molecular flexibility index (Phi) is 3.99. The van der Waals surface area contributed by atoms with Crippen molar-refractivity contribution in [2.24, 2.45) is 5.92 Å². The molecule has 96 valence electrons. The summed E-state index contributed by atoms with van der Waals surface area (Å²) in [6.07, 6.45) is 1.17. The van der Waals surface area contributed by atoms with Gasteiger partial charge < -0.3 is 5.11 Å². The van der Waals surface area contributed by atoms with Crippen LogP contribution in [0.3, 0.4) is 0 Å². The van der Waals surface area contributed by atoms with Gasteiger partial charge in [-0.15, -0.1) is 0 Å². The van der Waals surface area contributed by atoms with Gasteiger partial charge in [-0.2, -0.15) is 17.4 Å². The monoisotopic (exact) mass is 250 g/mol. The van der Waals surface area contributed by atoms with E-state index in [9.17, 15) is 8.42 Å². The van der Waals surface area contributed by atoms with E-state index in [4.69, 9.17) is 5.11 Å². The number of nitrogens with zero attached hydrogens (tertiary/aromatic N) is 1. The van der Waals surface area contributed by atoms with Gasteiger partial charge in [-0.3, -0.25) is 0 Å². The fourth-order valence-electron chi connectivity index (χ4n) is 1.78. The lowest BCUT2D eigenvalue weighted by Crippen LogP contribution is -2.49. The zero-order valence-electron chi connectivity index (χ0n) is 10.4. The van der Waals surface area contributed by atoms with E-state index in [2.05, 4.69) is 4.72 Å². The Morgan fingerprint density at radius 2 is 1.88 bits per heavy atom. The fourth-order valence-corrected chi connectivity index (χ4v) is 3.11. The minimum absolute atomic E-state index is 0.239. The van der Waals surface area contributed by atoms with Gasteiger partial charge in [0.25, 0.3) is 10.2 Å². The number of nitrogens with one attached hydrogen (secondary N) is 1. The van der Waals surface area contributed by atoms with E-state index in [1.54, 1.807) is 7.05 Å². The summed E-state index contributed by atoms with van der Waals surface area (Å²) in [5.74, 6) is 0.288. The average molecular weight is 250 g/mol. The van der Waals surface area contributed by atoms with Crippen LogP contribution in [0.5, 0.6) is 0 Å². The highest BCUT2D eigenvalue weighted by molar-refractivity contribution is 7.87. The Hall–Kier alpha value is -0.170. The molecule has 5 nitrogen and oxygen atoms in total. The largest absolute Gasteiger partial charge is 0.393 e. The average Bonchev–Trinajstić information content (AvgIpc) is 1.96. The molecular weight excluding hydrogens is 228 g/mol. The summed E-state index contributed by atoms with van der Waals surface area (Å²) in [5, 5.41) is 9.14. The van der Waals surface area contributed by atoms with Crippen molar-refractivity contribution >= 4 is 10.2 Å². The van der Waals surface area contributed by atoms with Crippen molar-refractivity contribution in [3.63, 3.8) is 0 Å². The SMILES string of the molecule is CN(CC1CC(O)C1)S(=O)(=O)NC(C)(C)C. The molecule has 1 fully saturated rings. The molecule has 1 aliphatic carbocycles. The number of aliphatic hydroxyl groups excluding tert-OH is 1. The highest BCUT2D eigenvalue weighted by Gasteiger charge is 2.32. The van der Waals surface area contributed by atoms with Crippen LogP contribution in [0.4, 0.5) is 0 Å². The van der Waals surface area contributed by atoms with Gasteiger partial charge in [0.15, 0.2) is 0 Å². The Bertz CT molecular complexity index is 328. The standard InChI is InChI=1S/C10H22N2O3S/c1-10(2,3)11-16(14,15)12(4)7-8-5-9(13)6-8/h8-9,11,13H,5-7H2,1-4H3. The molecule has 0 saturated heterocycles. The van der Waals surface area contributed by atoms with Crippen molar-refractivity contribution < 1.29 is 13.5 Å². The van der Waals surface area contributed by atoms with Crippen LogP contribution in [-0.2, 0) is 10.2 Å². The van der Waals surface area contributed by atoms with Gasteiger partial charge in [0.1, 0.15) is 0 Å². The molecule has 1 rings (SSSR count). The molecule has 0 spiro atoms. The molecule has 0 radical (unpaired) electrons. The summed E-state index contributed by atoms with van der Waals surface area (Å²) in [6, 6.07) is 0. The van der Waals surface area contributed by atoms with Gasteiger partial charge in [0, 0.05) is 19.1 Å². The Morgan fingerprint density at radius 3 is 2.25 bits per heavy atom. The normalized spacial score (nSPS) is 26.9. The summed E-state index contributed by atoms with van der Waals surface area (Å²) in [6.45, 7) is 5.91. The molecular formula is C10H22N2O3S. The lowest BCUT2D eigenvalue weighted by atomic mass is 9.82. The third-order valence-corrected chi connectivity index (χ3v) is 4.41. The molecule has 6 heteroatoms. The van der Waals surface area contributed by atoms with E-state index in [1.165, 1.54) is 4.31 Å². The molecule has 1 aliphatic rings. The topological polar surface area (TPSA) is 69.6 Å². The van der Waals surface area contributed by atoms with Crippen molar-refractivity contribution in [3.8, 4) is 0 Å². The van der Waals surface area contributed by atoms with Gasteiger partial charge >= 0.3 is 0 Å². The van der Waals surface area contributed by atoms with E-state index in [0.717, 1.165) is 0 Å². The number of hydrogen-bond donors (Lipinski definition) is 2. The van der Waals surface area contributed by atoms with Gasteiger partial charge in [-0.25, -0.2) is 0 Å². The zero-order valence-corrected chi connectivity index (χ0v) is 11.2. The predicted molar refractivity (Wildman–Crippen MR) is 63.2 cm³/mol. The number of hydrogen-bond acceptors (Lipinski definition) is 3. The minimum Gasteiger partial charge on any atom is -0.393 e. The van der Waals surface area contributed by atoms with Crippen LogP contribution in [0.2, 0.25) is 0 Å². The molecule has 0 aromatic rings. The Labute approximate surface area is 98.0 Å². The van der Waals surface area contributed by atoms with Crippen molar-refractivity contribution in [2.45, 2.75) is 45.3 Å². The summed E-state index contributed by atoms with van der Waals surface area (Å²) in [4.78, 5) is 0. The molecule has 0 unspecified atom stereocenters. The molecule has 0 aromatic heterocycles. The molecule has 0 amide bonds. The second-order valence-corrected chi connectivity index (χ2v) is 7.41. The molecule has 1 saturated carbocycles. The fraction of sp³-hybridized carbons (Fsp3) is 1.00. The summed E-state index contributed by atoms with van der Waals surface area (Å²) >= 11 is 0. The quantitative estimate of drug-likeness (QED) is 0.755. The number of aliphatic hydroxyl groups is 1. The highest BCUT2D eigenvalue weighted by Crippen LogP contribution is 2.28. The van der Waals surface area contributed by atoms with Crippen molar-refractivity contribution in [2.75, 3.05) is 13.6 Å². The van der Waals surface area contributed by atoms with Crippen LogP contribution in [-0.4, -0.2) is 43.1 Å². The Balaban J connectivity index is 2.49. The van der Waals surface area contributed by atoms with E-state index in [-0.39, 0.29) is 12.0 Å². The van der Waals surface area contributed by atoms with Gasteiger partial charge in [-0.05, 0) is 39.5 Å². The first kappa shape index (κ1) is 13.9. The lowest BCUT2D eigenvalue weighted by Gasteiger charge is -2.35. The lowest BCUT2D eigenvalue weighted by molar-refractivity contribution is 0.0365. The first-order valence-electron chi connectivity index (χ1n) is 5.53. The second-order valence-electron chi connectivity index (χ2n) is 5.63. The highest BCUT2D eigenvalue weighted by atomic mass is 32.2. The Morgan fingerprint density at radius 1 is 1.38 bits per heavy atom. The van der Waals surface area contributed by atoms with Gasteiger partial charge in [-0.1, -0.05) is 0 Å². The number of rotatable bonds is 4. The maximum Gasteiger partial charge on any atom is 0.279 e. The van der Waals surface area contributed by atoms with Crippen molar-refractivity contribution in [3.05, 3.63) is 0 Å². The second kappa shape index (κ2) is 4.60. The van der Waals surface area contributed by atoms with Crippen molar-refractivity contribution in [1.82, 2.24) is 9.03 Å². The van der Waals surface area contributed by atoms with Crippen LogP contribution in [0.25, 0.3) is 0 Å². The molecule has 0 atom stereocenters. The smallest absolute Gasteiger partial charge is 0.279 e. The molecule has 2 N–H and O–H groups in total. The summed E-state index contributed by atoms with van der Waals surface area (Å²) in [5.41, 5.74) is -0.466. The van der Waals surface area contributed by atoms with Gasteiger partial charge in [0.2, 0.25) is 0 Å². The van der Waals surface area contributed by atoms with E-state index in [0.29, 0.717) is 19.4 Å². The third kappa shape index (κ3) is 4.01. The summed E-state index contributed by atoms with van der Waals surface area (Å²) in [7, 11) is -1.84. The molecule has 0 aliphatic heterocycles. The molecule has 0 bridgehead atoms. The van der Waals surface area contributed by atoms with E-state index < -0.39 is 15.7 Å². The minimum atomic E-state index is -3.41. The maximum absolute atomic E-state index is 11.9.